The quantitative estimate of drug-likeness (QED) is 0.217. The zero-order valence-corrected chi connectivity index (χ0v) is 24.2. The van der Waals surface area contributed by atoms with E-state index in [1.54, 1.807) is 48.9 Å². The molecular weight excluding hydrogens is 528 g/mol. The standard InChI is InChI=1S/C32H34N8O2/c1-32(2,3)40-20-29(30(38-40)22-5-6-23-19-39(4)14-12-21(23)15-22)37-31(41)36-25-7-9-26(10-8-25)42-27-11-13-33-28(16-27)24-17-34-35-18-24/h5-11,13,15-18,20H,12,14,19H2,1-4H3,(H,34,35)(H2,36,37,41). The number of ether oxygens (including phenoxy) is 1. The Morgan fingerprint density at radius 2 is 1.81 bits per heavy atom. The van der Waals surface area contributed by atoms with Crippen molar-refractivity contribution >= 4 is 17.4 Å². The van der Waals surface area contributed by atoms with Crippen LogP contribution in [0.15, 0.2) is 79.4 Å². The van der Waals surface area contributed by atoms with Gasteiger partial charge in [0.05, 0.1) is 23.1 Å². The van der Waals surface area contributed by atoms with Crippen LogP contribution in [0.2, 0.25) is 0 Å². The maximum atomic E-state index is 13.1. The number of aromatic nitrogens is 5. The predicted molar refractivity (Wildman–Crippen MR) is 164 cm³/mol. The topological polar surface area (TPSA) is 113 Å². The summed E-state index contributed by atoms with van der Waals surface area (Å²) in [6.07, 6.45) is 8.07. The number of benzene rings is 2. The van der Waals surface area contributed by atoms with Crippen LogP contribution in [0, 0.1) is 0 Å². The van der Waals surface area contributed by atoms with Crippen molar-refractivity contribution in [2.75, 3.05) is 24.2 Å². The summed E-state index contributed by atoms with van der Waals surface area (Å²) >= 11 is 0. The lowest BCUT2D eigenvalue weighted by molar-refractivity contribution is 0.262. The lowest BCUT2D eigenvalue weighted by Crippen LogP contribution is -2.26. The summed E-state index contributed by atoms with van der Waals surface area (Å²) in [4.78, 5) is 19.8. The number of nitrogens with zero attached hydrogens (tertiary/aromatic N) is 5. The Kier molecular flexibility index (Phi) is 7.22. The molecule has 0 aliphatic carbocycles. The molecular formula is C32H34N8O2. The van der Waals surface area contributed by atoms with Crippen molar-refractivity contribution in [2.24, 2.45) is 0 Å². The Morgan fingerprint density at radius 1 is 0.976 bits per heavy atom. The van der Waals surface area contributed by atoms with Gasteiger partial charge in [-0.15, -0.1) is 0 Å². The summed E-state index contributed by atoms with van der Waals surface area (Å²) < 4.78 is 7.90. The van der Waals surface area contributed by atoms with Gasteiger partial charge >= 0.3 is 6.03 Å². The molecule has 10 heteroatoms. The van der Waals surface area contributed by atoms with Gasteiger partial charge in [0.1, 0.15) is 17.2 Å². The Hall–Kier alpha value is -4.96. The van der Waals surface area contributed by atoms with Gasteiger partial charge in [0.25, 0.3) is 0 Å². The average Bonchev–Trinajstić information content (AvgIpc) is 3.65. The summed E-state index contributed by atoms with van der Waals surface area (Å²) in [5.74, 6) is 1.29. The van der Waals surface area contributed by atoms with Crippen molar-refractivity contribution in [1.82, 2.24) is 29.9 Å². The summed E-state index contributed by atoms with van der Waals surface area (Å²) in [7, 11) is 2.14. The van der Waals surface area contributed by atoms with E-state index < -0.39 is 0 Å². The van der Waals surface area contributed by atoms with Crippen LogP contribution < -0.4 is 15.4 Å². The molecule has 2 aromatic carbocycles. The molecule has 4 heterocycles. The molecule has 3 aromatic heterocycles. The summed E-state index contributed by atoms with van der Waals surface area (Å²) in [5.41, 5.74) is 7.09. The minimum absolute atomic E-state index is 0.244. The maximum absolute atomic E-state index is 13.1. The lowest BCUT2D eigenvalue weighted by atomic mass is 9.96. The van der Waals surface area contributed by atoms with Crippen molar-refractivity contribution in [1.29, 1.82) is 0 Å². The van der Waals surface area contributed by atoms with Crippen LogP contribution in [0.3, 0.4) is 0 Å². The molecule has 5 aromatic rings. The third kappa shape index (κ3) is 6.03. The van der Waals surface area contributed by atoms with Gasteiger partial charge in [0.15, 0.2) is 0 Å². The highest BCUT2D eigenvalue weighted by atomic mass is 16.5. The van der Waals surface area contributed by atoms with Crippen LogP contribution in [-0.2, 0) is 18.5 Å². The first-order valence-electron chi connectivity index (χ1n) is 13.9. The molecule has 0 atom stereocenters. The molecule has 0 unspecified atom stereocenters. The number of amides is 2. The molecule has 2 amide bonds. The third-order valence-electron chi connectivity index (χ3n) is 7.21. The van der Waals surface area contributed by atoms with Gasteiger partial charge in [-0.05, 0) is 81.8 Å². The Bertz CT molecular complexity index is 1700. The molecule has 0 saturated carbocycles. The van der Waals surface area contributed by atoms with Gasteiger partial charge < -0.3 is 20.3 Å². The molecule has 0 fully saturated rings. The average molecular weight is 563 g/mol. The number of nitrogens with one attached hydrogen (secondary N) is 3. The van der Waals surface area contributed by atoms with Gasteiger partial charge in [-0.3, -0.25) is 14.8 Å². The first-order valence-corrected chi connectivity index (χ1v) is 13.9. The molecule has 10 nitrogen and oxygen atoms in total. The molecule has 0 radical (unpaired) electrons. The lowest BCUT2D eigenvalue weighted by Gasteiger charge is -2.25. The second-order valence-corrected chi connectivity index (χ2v) is 11.5. The van der Waals surface area contributed by atoms with Gasteiger partial charge in [0, 0.05) is 54.6 Å². The Morgan fingerprint density at radius 3 is 2.57 bits per heavy atom. The molecule has 1 aliphatic heterocycles. The van der Waals surface area contributed by atoms with Crippen molar-refractivity contribution in [3.05, 3.63) is 90.5 Å². The molecule has 1 aliphatic rings. The number of carbonyl (C=O) groups is 1. The number of H-pyrrole nitrogens is 1. The molecule has 6 rings (SSSR count). The summed E-state index contributed by atoms with van der Waals surface area (Å²) in [5, 5.41) is 17.6. The number of fused-ring (bicyclic) bond motifs is 1. The monoisotopic (exact) mass is 562 g/mol. The number of rotatable bonds is 6. The second kappa shape index (κ2) is 11.1. The van der Waals surface area contributed by atoms with E-state index in [1.807, 2.05) is 16.9 Å². The van der Waals surface area contributed by atoms with E-state index in [2.05, 4.69) is 76.7 Å². The van der Waals surface area contributed by atoms with E-state index >= 15 is 0 Å². The highest BCUT2D eigenvalue weighted by Gasteiger charge is 2.22. The van der Waals surface area contributed by atoms with Crippen molar-refractivity contribution < 1.29 is 9.53 Å². The largest absolute Gasteiger partial charge is 0.457 e. The number of hydrogen-bond donors (Lipinski definition) is 3. The Labute approximate surface area is 244 Å². The van der Waals surface area contributed by atoms with Gasteiger partial charge in [-0.1, -0.05) is 12.1 Å². The molecule has 214 valence electrons. The number of carbonyl (C=O) groups excluding carboxylic acids is 1. The number of likely N-dealkylation sites (N-methyl/N-ethyl adjacent to an activating group) is 1. The maximum Gasteiger partial charge on any atom is 0.323 e. The Balaban J connectivity index is 1.16. The highest BCUT2D eigenvalue weighted by Crippen LogP contribution is 2.32. The first-order chi connectivity index (χ1) is 20.2. The predicted octanol–water partition coefficient (Wildman–Crippen LogP) is 6.51. The van der Waals surface area contributed by atoms with Crippen LogP contribution in [-0.4, -0.2) is 49.5 Å². The van der Waals surface area contributed by atoms with Crippen molar-refractivity contribution in [2.45, 2.75) is 39.3 Å². The SMILES string of the molecule is CN1CCc2cc(-c3nn(C(C)(C)C)cc3NC(=O)Nc3ccc(Oc4ccnc(-c5cn[nH]c5)c4)cc3)ccc2C1. The number of aromatic amines is 1. The highest BCUT2D eigenvalue weighted by molar-refractivity contribution is 6.01. The van der Waals surface area contributed by atoms with Gasteiger partial charge in [-0.25, -0.2) is 4.79 Å². The van der Waals surface area contributed by atoms with E-state index in [4.69, 9.17) is 9.84 Å². The normalized spacial score (nSPS) is 13.4. The number of urea groups is 1. The van der Waals surface area contributed by atoms with Crippen LogP contribution in [0.1, 0.15) is 31.9 Å². The number of anilines is 2. The molecule has 0 saturated heterocycles. The zero-order valence-electron chi connectivity index (χ0n) is 24.2. The summed E-state index contributed by atoms with van der Waals surface area (Å²) in [6.45, 7) is 8.23. The van der Waals surface area contributed by atoms with Crippen LogP contribution in [0.4, 0.5) is 16.2 Å². The number of pyridine rings is 1. The third-order valence-corrected chi connectivity index (χ3v) is 7.21. The van der Waals surface area contributed by atoms with Gasteiger partial charge in [-0.2, -0.15) is 10.2 Å². The van der Waals surface area contributed by atoms with Crippen molar-refractivity contribution in [3.63, 3.8) is 0 Å². The van der Waals surface area contributed by atoms with Crippen LogP contribution in [0.25, 0.3) is 22.5 Å². The van der Waals surface area contributed by atoms with Crippen LogP contribution in [0.5, 0.6) is 11.5 Å². The minimum atomic E-state index is -0.350. The smallest absolute Gasteiger partial charge is 0.323 e. The molecule has 0 spiro atoms. The van der Waals surface area contributed by atoms with E-state index in [-0.39, 0.29) is 11.6 Å². The fourth-order valence-corrected chi connectivity index (χ4v) is 4.91. The fourth-order valence-electron chi connectivity index (χ4n) is 4.91. The minimum Gasteiger partial charge on any atom is -0.457 e. The second-order valence-electron chi connectivity index (χ2n) is 11.5. The van der Waals surface area contributed by atoms with E-state index in [0.29, 0.717) is 22.9 Å². The first kappa shape index (κ1) is 27.2. The van der Waals surface area contributed by atoms with E-state index in [1.165, 1.54) is 11.1 Å². The molecule has 42 heavy (non-hydrogen) atoms. The van der Waals surface area contributed by atoms with Gasteiger partial charge in [0.2, 0.25) is 0 Å². The molecule has 3 N–H and O–H groups in total. The van der Waals surface area contributed by atoms with Crippen molar-refractivity contribution in [3.8, 4) is 34.0 Å². The van der Waals surface area contributed by atoms with E-state index in [0.717, 1.165) is 42.0 Å². The summed E-state index contributed by atoms with van der Waals surface area (Å²) in [6, 6.07) is 17.0. The molecule has 0 bridgehead atoms. The fraction of sp³-hybridized carbons (Fsp3) is 0.250. The van der Waals surface area contributed by atoms with E-state index in [9.17, 15) is 4.79 Å². The van der Waals surface area contributed by atoms with Crippen LogP contribution >= 0.6 is 0 Å². The number of hydrogen-bond acceptors (Lipinski definition) is 6. The zero-order chi connectivity index (χ0) is 29.3.